The average molecular weight is 455 g/mol. The second kappa shape index (κ2) is 19.1. The van der Waals surface area contributed by atoms with Gasteiger partial charge < -0.3 is 53.8 Å². The van der Waals surface area contributed by atoms with Crippen LogP contribution in [0.1, 0.15) is 32.6 Å². The molecule has 0 aromatic carbocycles. The van der Waals surface area contributed by atoms with Gasteiger partial charge in [0.1, 0.15) is 18.1 Å². The van der Waals surface area contributed by atoms with Gasteiger partial charge >= 0.3 is 23.9 Å². The Bertz CT molecular complexity index is 555. The molecule has 4 atom stereocenters. The molecule has 15 heteroatoms. The highest BCUT2D eigenvalue weighted by atomic mass is 16.4. The molecule has 1 rings (SSSR count). The Kier molecular flexibility index (Phi) is 20.2. The van der Waals surface area contributed by atoms with Crippen molar-refractivity contribution in [3.63, 3.8) is 0 Å². The maximum atomic E-state index is 10.1. The minimum absolute atomic E-state index is 0.0213. The van der Waals surface area contributed by atoms with Crippen LogP contribution >= 0.6 is 0 Å². The number of amides is 1. The lowest BCUT2D eigenvalue weighted by atomic mass is 10.2. The number of rotatable bonds is 8. The van der Waals surface area contributed by atoms with Crippen molar-refractivity contribution < 1.29 is 49.5 Å². The van der Waals surface area contributed by atoms with Gasteiger partial charge in [-0.2, -0.15) is 0 Å². The Hall–Kier alpha value is -2.85. The Morgan fingerprint density at radius 1 is 1.03 bits per heavy atom. The first-order valence-electron chi connectivity index (χ1n) is 8.98. The minimum atomic E-state index is -1.18. The highest BCUT2D eigenvalue weighted by Crippen LogP contribution is 2.03. The lowest BCUT2D eigenvalue weighted by Crippen LogP contribution is -2.39. The number of hydrogen-bond donors (Lipinski definition) is 10. The van der Waals surface area contributed by atoms with Crippen molar-refractivity contribution in [2.24, 2.45) is 22.9 Å². The SMILES string of the molecule is CC(O)C(N)C(=O)O.NC(=O)CCC(N)C(=O)O.NCC(=O)O.O=C(O)[C@@H]1CCCN1. The van der Waals surface area contributed by atoms with Gasteiger partial charge in [-0.05, 0) is 32.7 Å². The van der Waals surface area contributed by atoms with E-state index in [9.17, 15) is 24.0 Å². The standard InChI is InChI=1S/C5H10N2O3.C5H9NO2.C4H9NO3.C2H5NO2/c6-3(5(9)10)1-2-4(7)8;7-5(8)4-2-1-3-6-4;1-2(6)3(5)4(7)8;3-1-2(4)5/h3H,1-2,6H2,(H2,7,8)(H,9,10);4,6H,1-3H2,(H,7,8);2-3,6H,5H2,1H3,(H,7,8);1,3H2,(H,4,5)/t;4-;;/m.0../s1. The number of nitrogens with one attached hydrogen (secondary N) is 1. The first kappa shape index (κ1) is 32.8. The van der Waals surface area contributed by atoms with E-state index in [0.29, 0.717) is 0 Å². The monoisotopic (exact) mass is 455 g/mol. The quantitative estimate of drug-likeness (QED) is 0.168. The Morgan fingerprint density at radius 3 is 1.68 bits per heavy atom. The molecule has 0 saturated carbocycles. The van der Waals surface area contributed by atoms with E-state index < -0.39 is 48.0 Å². The fraction of sp³-hybridized carbons (Fsp3) is 0.688. The summed E-state index contributed by atoms with van der Waals surface area (Å²) in [5.74, 6) is -4.51. The molecule has 1 fully saturated rings. The summed E-state index contributed by atoms with van der Waals surface area (Å²) < 4.78 is 0. The van der Waals surface area contributed by atoms with Crippen LogP contribution in [0, 0.1) is 0 Å². The van der Waals surface area contributed by atoms with Gasteiger partial charge in [-0.25, -0.2) is 0 Å². The van der Waals surface area contributed by atoms with E-state index in [-0.39, 0.29) is 25.4 Å². The second-order valence-electron chi connectivity index (χ2n) is 6.14. The van der Waals surface area contributed by atoms with Crippen molar-refractivity contribution in [3.8, 4) is 0 Å². The molecule has 0 radical (unpaired) electrons. The zero-order chi connectivity index (χ0) is 25.1. The molecule has 31 heavy (non-hydrogen) atoms. The smallest absolute Gasteiger partial charge is 0.323 e. The van der Waals surface area contributed by atoms with Gasteiger partial charge in [-0.15, -0.1) is 0 Å². The largest absolute Gasteiger partial charge is 0.480 e. The molecule has 1 aliphatic rings. The third-order valence-corrected chi connectivity index (χ3v) is 3.36. The number of aliphatic carboxylic acids is 4. The van der Waals surface area contributed by atoms with Gasteiger partial charge in [0.25, 0.3) is 0 Å². The summed E-state index contributed by atoms with van der Waals surface area (Å²) in [5.41, 5.74) is 19.3. The number of aliphatic hydroxyl groups is 1. The third-order valence-electron chi connectivity index (χ3n) is 3.36. The predicted octanol–water partition coefficient (Wildman–Crippen LogP) is -3.70. The fourth-order valence-electron chi connectivity index (χ4n) is 1.52. The number of hydrogen-bond acceptors (Lipinski definition) is 10. The molecule has 0 spiro atoms. The van der Waals surface area contributed by atoms with Crippen LogP contribution in [0.4, 0.5) is 0 Å². The van der Waals surface area contributed by atoms with Gasteiger partial charge in [0.05, 0.1) is 12.6 Å². The molecular weight excluding hydrogens is 422 g/mol. The van der Waals surface area contributed by atoms with Crippen molar-refractivity contribution in [1.29, 1.82) is 0 Å². The molecule has 0 aromatic rings. The topological polar surface area (TPSA) is 303 Å². The summed E-state index contributed by atoms with van der Waals surface area (Å²) >= 11 is 0. The van der Waals surface area contributed by atoms with Crippen molar-refractivity contribution >= 4 is 29.8 Å². The van der Waals surface area contributed by atoms with Crippen LogP contribution in [0.5, 0.6) is 0 Å². The first-order chi connectivity index (χ1) is 14.2. The molecule has 1 amide bonds. The van der Waals surface area contributed by atoms with Crippen LogP contribution in [-0.2, 0) is 24.0 Å². The van der Waals surface area contributed by atoms with Crippen molar-refractivity contribution in [2.45, 2.75) is 56.8 Å². The van der Waals surface area contributed by atoms with Crippen LogP contribution in [0.15, 0.2) is 0 Å². The van der Waals surface area contributed by atoms with Crippen LogP contribution in [0.2, 0.25) is 0 Å². The van der Waals surface area contributed by atoms with E-state index >= 15 is 0 Å². The number of carboxylic acids is 4. The molecule has 0 aliphatic carbocycles. The average Bonchev–Trinajstić information content (AvgIpc) is 3.21. The minimum Gasteiger partial charge on any atom is -0.480 e. The molecule has 1 heterocycles. The van der Waals surface area contributed by atoms with E-state index in [2.05, 4.69) is 11.1 Å². The molecular formula is C16H33N5O10. The number of carbonyl (C=O) groups is 5. The Morgan fingerprint density at radius 2 is 1.52 bits per heavy atom. The summed E-state index contributed by atoms with van der Waals surface area (Å²) in [6.07, 6.45) is 0.928. The number of carboxylic acid groups (broad SMARTS) is 4. The van der Waals surface area contributed by atoms with Gasteiger partial charge in [0, 0.05) is 6.42 Å². The summed E-state index contributed by atoms with van der Waals surface area (Å²) in [4.78, 5) is 49.4. The molecule has 0 aromatic heterocycles. The van der Waals surface area contributed by atoms with Gasteiger partial charge in [0.2, 0.25) is 5.91 Å². The number of primary amides is 1. The van der Waals surface area contributed by atoms with Gasteiger partial charge in [-0.3, -0.25) is 24.0 Å². The lowest BCUT2D eigenvalue weighted by molar-refractivity contribution is -0.141. The van der Waals surface area contributed by atoms with E-state index in [1.54, 1.807) is 0 Å². The maximum absolute atomic E-state index is 10.1. The molecule has 0 bridgehead atoms. The Balaban J connectivity index is -0.000000346. The molecule has 14 N–H and O–H groups in total. The highest BCUT2D eigenvalue weighted by Gasteiger charge is 2.20. The fourth-order valence-corrected chi connectivity index (χ4v) is 1.52. The summed E-state index contributed by atoms with van der Waals surface area (Å²) in [6, 6.07) is -2.41. The van der Waals surface area contributed by atoms with E-state index in [1.165, 1.54) is 6.92 Å². The molecule has 15 nitrogen and oxygen atoms in total. The normalized spacial score (nSPS) is 17.0. The summed E-state index contributed by atoms with van der Waals surface area (Å²) in [7, 11) is 0. The van der Waals surface area contributed by atoms with Crippen LogP contribution < -0.4 is 28.3 Å². The summed E-state index contributed by atoms with van der Waals surface area (Å²) in [6.45, 7) is 1.91. The van der Waals surface area contributed by atoms with Crippen LogP contribution in [0.3, 0.4) is 0 Å². The van der Waals surface area contributed by atoms with Crippen molar-refractivity contribution in [1.82, 2.24) is 5.32 Å². The van der Waals surface area contributed by atoms with Crippen molar-refractivity contribution in [2.75, 3.05) is 13.1 Å². The third kappa shape index (κ3) is 23.3. The molecule has 182 valence electrons. The zero-order valence-electron chi connectivity index (χ0n) is 17.1. The number of aliphatic hydroxyl groups excluding tert-OH is 1. The van der Waals surface area contributed by atoms with E-state index in [1.807, 2.05) is 0 Å². The first-order valence-corrected chi connectivity index (χ1v) is 8.98. The second-order valence-corrected chi connectivity index (χ2v) is 6.14. The number of carbonyl (C=O) groups excluding carboxylic acids is 1. The maximum Gasteiger partial charge on any atom is 0.323 e. The summed E-state index contributed by atoms with van der Waals surface area (Å²) in [5, 5.41) is 43.6. The van der Waals surface area contributed by atoms with Crippen LogP contribution in [0.25, 0.3) is 0 Å². The van der Waals surface area contributed by atoms with Crippen LogP contribution in [-0.4, -0.2) is 92.6 Å². The molecule has 1 aliphatic heterocycles. The molecule has 1 saturated heterocycles. The van der Waals surface area contributed by atoms with Gasteiger partial charge in [0.15, 0.2) is 0 Å². The highest BCUT2D eigenvalue weighted by molar-refractivity contribution is 5.77. The van der Waals surface area contributed by atoms with E-state index in [4.69, 9.17) is 42.7 Å². The molecule has 3 unspecified atom stereocenters. The number of nitrogens with two attached hydrogens (primary N) is 4. The lowest BCUT2D eigenvalue weighted by Gasteiger charge is -2.06. The van der Waals surface area contributed by atoms with Gasteiger partial charge in [-0.1, -0.05) is 0 Å². The Labute approximate surface area is 178 Å². The van der Waals surface area contributed by atoms with E-state index in [0.717, 1.165) is 19.4 Å². The zero-order valence-corrected chi connectivity index (χ0v) is 17.1. The van der Waals surface area contributed by atoms with Crippen molar-refractivity contribution in [3.05, 3.63) is 0 Å². The predicted molar refractivity (Wildman–Crippen MR) is 107 cm³/mol.